The maximum absolute atomic E-state index is 12.9. The summed E-state index contributed by atoms with van der Waals surface area (Å²) in [5, 5.41) is 22.1. The van der Waals surface area contributed by atoms with Gasteiger partial charge in [-0.2, -0.15) is 13.2 Å². The summed E-state index contributed by atoms with van der Waals surface area (Å²) in [6.45, 7) is 2.64. The topological polar surface area (TPSA) is 78.8 Å². The highest BCUT2D eigenvalue weighted by atomic mass is 32.2. The molecule has 0 bridgehead atoms. The van der Waals surface area contributed by atoms with E-state index in [9.17, 15) is 18.3 Å². The smallest absolute Gasteiger partial charge is 0.446 e. The molecule has 2 aromatic carbocycles. The van der Waals surface area contributed by atoms with Crippen LogP contribution in [-0.4, -0.2) is 47.5 Å². The van der Waals surface area contributed by atoms with Crippen molar-refractivity contribution in [3.05, 3.63) is 65.7 Å². The molecule has 0 saturated carbocycles. The van der Waals surface area contributed by atoms with E-state index in [1.54, 1.807) is 42.5 Å². The normalized spacial score (nSPS) is 18.6. The fourth-order valence-electron chi connectivity index (χ4n) is 3.17. The Hall–Kier alpha value is -2.07. The van der Waals surface area contributed by atoms with Crippen LogP contribution in [0.2, 0.25) is 0 Å². The van der Waals surface area contributed by atoms with Crippen LogP contribution in [0.15, 0.2) is 59.5 Å². The highest BCUT2D eigenvalue weighted by Gasteiger charge is 2.41. The first-order valence-corrected chi connectivity index (χ1v) is 10.1. The SMILES string of the molecule is CC(=O)O.OC(Cc1ccccc1SC(F)(F)F)(c1ccccc1)C1CNCCO1. The van der Waals surface area contributed by atoms with Crippen LogP contribution in [-0.2, 0) is 21.6 Å². The maximum atomic E-state index is 12.9. The number of rotatable bonds is 5. The maximum Gasteiger partial charge on any atom is 0.446 e. The zero-order valence-electron chi connectivity index (χ0n) is 16.4. The molecule has 1 saturated heterocycles. The number of nitrogens with one attached hydrogen (secondary N) is 1. The minimum atomic E-state index is -4.39. The van der Waals surface area contributed by atoms with Crippen LogP contribution >= 0.6 is 11.8 Å². The summed E-state index contributed by atoms with van der Waals surface area (Å²) in [7, 11) is 0. The van der Waals surface area contributed by atoms with Crippen LogP contribution in [0.1, 0.15) is 18.1 Å². The van der Waals surface area contributed by atoms with Gasteiger partial charge in [0.25, 0.3) is 5.97 Å². The van der Waals surface area contributed by atoms with Crippen molar-refractivity contribution in [2.24, 2.45) is 0 Å². The molecule has 3 rings (SSSR count). The van der Waals surface area contributed by atoms with E-state index in [4.69, 9.17) is 14.6 Å². The fourth-order valence-corrected chi connectivity index (χ4v) is 3.83. The number of alkyl halides is 3. The Morgan fingerprint density at radius 3 is 2.33 bits per heavy atom. The number of halogens is 3. The fraction of sp³-hybridized carbons (Fsp3) is 0.381. The number of carbonyl (C=O) groups is 1. The van der Waals surface area contributed by atoms with Crippen molar-refractivity contribution in [1.82, 2.24) is 5.32 Å². The van der Waals surface area contributed by atoms with Gasteiger partial charge in [0.2, 0.25) is 0 Å². The number of ether oxygens (including phenoxy) is 1. The van der Waals surface area contributed by atoms with Crippen molar-refractivity contribution >= 4 is 17.7 Å². The minimum absolute atomic E-state index is 0.0304. The molecular formula is C21H24F3NO4S. The van der Waals surface area contributed by atoms with Gasteiger partial charge < -0.3 is 20.3 Å². The quantitative estimate of drug-likeness (QED) is 0.610. The van der Waals surface area contributed by atoms with Crippen LogP contribution < -0.4 is 5.32 Å². The van der Waals surface area contributed by atoms with E-state index < -0.39 is 23.2 Å². The van der Waals surface area contributed by atoms with Crippen LogP contribution in [0, 0.1) is 0 Å². The largest absolute Gasteiger partial charge is 0.481 e. The lowest BCUT2D eigenvalue weighted by Crippen LogP contribution is -2.52. The van der Waals surface area contributed by atoms with Crippen molar-refractivity contribution in [2.45, 2.75) is 35.5 Å². The standard InChI is InChI=1S/C19H20F3NO2S.C2H4O2/c20-19(21,22)26-16-9-5-4-6-14(16)12-18(24,15-7-2-1-3-8-15)17-13-23-10-11-25-17;1-2(3)4/h1-9,17,23-24H,10-13H2;1H3,(H,3,4). The number of aliphatic carboxylic acids is 1. The number of morpholine rings is 1. The Kier molecular flexibility index (Phi) is 8.72. The van der Waals surface area contributed by atoms with E-state index in [1.165, 1.54) is 6.07 Å². The van der Waals surface area contributed by atoms with Crippen LogP contribution in [0.25, 0.3) is 0 Å². The van der Waals surface area contributed by atoms with Crippen LogP contribution in [0.4, 0.5) is 13.2 Å². The molecule has 164 valence electrons. The second-order valence-corrected chi connectivity index (χ2v) is 7.81. The predicted molar refractivity (Wildman–Crippen MR) is 108 cm³/mol. The molecule has 1 fully saturated rings. The van der Waals surface area contributed by atoms with Crippen molar-refractivity contribution in [3.63, 3.8) is 0 Å². The van der Waals surface area contributed by atoms with Gasteiger partial charge in [-0.25, -0.2) is 0 Å². The van der Waals surface area contributed by atoms with Gasteiger partial charge in [0.05, 0.1) is 6.61 Å². The first kappa shape index (κ1) is 24.2. The average molecular weight is 443 g/mol. The highest BCUT2D eigenvalue weighted by Crippen LogP contribution is 2.41. The van der Waals surface area contributed by atoms with E-state index in [0.29, 0.717) is 30.8 Å². The van der Waals surface area contributed by atoms with Crippen molar-refractivity contribution < 1.29 is 32.9 Å². The number of carboxylic acid groups (broad SMARTS) is 1. The van der Waals surface area contributed by atoms with Gasteiger partial charge in [-0.3, -0.25) is 4.79 Å². The van der Waals surface area contributed by atoms with Gasteiger partial charge in [-0.05, 0) is 29.0 Å². The van der Waals surface area contributed by atoms with Crippen molar-refractivity contribution in [1.29, 1.82) is 0 Å². The van der Waals surface area contributed by atoms with Gasteiger partial charge in [0, 0.05) is 31.3 Å². The molecule has 5 nitrogen and oxygen atoms in total. The summed E-state index contributed by atoms with van der Waals surface area (Å²) < 4.78 is 44.5. The molecule has 0 amide bonds. The first-order valence-electron chi connectivity index (χ1n) is 9.25. The minimum Gasteiger partial charge on any atom is -0.481 e. The summed E-state index contributed by atoms with van der Waals surface area (Å²) in [4.78, 5) is 9.10. The Morgan fingerprint density at radius 2 is 1.77 bits per heavy atom. The third-order valence-electron chi connectivity index (χ3n) is 4.39. The average Bonchev–Trinajstić information content (AvgIpc) is 2.69. The summed E-state index contributed by atoms with van der Waals surface area (Å²) in [6, 6.07) is 15.3. The first-order chi connectivity index (χ1) is 14.1. The van der Waals surface area contributed by atoms with Gasteiger partial charge in [0.15, 0.2) is 0 Å². The van der Waals surface area contributed by atoms with Gasteiger partial charge in [-0.1, -0.05) is 48.5 Å². The van der Waals surface area contributed by atoms with E-state index in [-0.39, 0.29) is 23.1 Å². The molecular weight excluding hydrogens is 419 g/mol. The molecule has 0 spiro atoms. The van der Waals surface area contributed by atoms with E-state index >= 15 is 0 Å². The van der Waals surface area contributed by atoms with Crippen molar-refractivity contribution in [2.75, 3.05) is 19.7 Å². The van der Waals surface area contributed by atoms with Gasteiger partial charge in [-0.15, -0.1) is 0 Å². The van der Waals surface area contributed by atoms with E-state index in [1.807, 2.05) is 6.07 Å². The third-order valence-corrected chi connectivity index (χ3v) is 5.24. The molecule has 2 unspecified atom stereocenters. The summed E-state index contributed by atoms with van der Waals surface area (Å²) in [5.41, 5.74) is -4.75. The molecule has 2 atom stereocenters. The third kappa shape index (κ3) is 7.32. The molecule has 9 heteroatoms. The Balaban J connectivity index is 0.000000735. The zero-order valence-corrected chi connectivity index (χ0v) is 17.2. The summed E-state index contributed by atoms with van der Waals surface area (Å²) in [6.07, 6.45) is -0.523. The number of benzene rings is 2. The lowest BCUT2D eigenvalue weighted by atomic mass is 9.82. The summed E-state index contributed by atoms with van der Waals surface area (Å²) >= 11 is -0.158. The molecule has 1 aliphatic heterocycles. The lowest BCUT2D eigenvalue weighted by molar-refractivity contribution is -0.134. The molecule has 1 aliphatic rings. The Labute approximate surface area is 177 Å². The number of thioether (sulfide) groups is 1. The molecule has 2 aromatic rings. The zero-order chi connectivity index (χ0) is 22.2. The second kappa shape index (κ2) is 10.8. The van der Waals surface area contributed by atoms with Crippen molar-refractivity contribution in [3.8, 4) is 0 Å². The number of carboxylic acids is 1. The van der Waals surface area contributed by atoms with E-state index in [0.717, 1.165) is 6.92 Å². The molecule has 0 aliphatic carbocycles. The molecule has 0 aromatic heterocycles. The van der Waals surface area contributed by atoms with Crippen LogP contribution in [0.3, 0.4) is 0 Å². The summed E-state index contributed by atoms with van der Waals surface area (Å²) in [5.74, 6) is -0.833. The molecule has 30 heavy (non-hydrogen) atoms. The Morgan fingerprint density at radius 1 is 1.17 bits per heavy atom. The molecule has 3 N–H and O–H groups in total. The second-order valence-electron chi connectivity index (χ2n) is 6.71. The number of hydrogen-bond acceptors (Lipinski definition) is 5. The Bertz CT molecular complexity index is 809. The number of aliphatic hydroxyl groups is 1. The lowest BCUT2D eigenvalue weighted by Gasteiger charge is -2.39. The highest BCUT2D eigenvalue weighted by molar-refractivity contribution is 8.00. The monoisotopic (exact) mass is 443 g/mol. The van der Waals surface area contributed by atoms with Crippen LogP contribution in [0.5, 0.6) is 0 Å². The van der Waals surface area contributed by atoms with E-state index in [2.05, 4.69) is 5.32 Å². The molecule has 0 radical (unpaired) electrons. The molecule has 1 heterocycles. The number of hydrogen-bond donors (Lipinski definition) is 3. The predicted octanol–water partition coefficient (Wildman–Crippen LogP) is 3.81. The van der Waals surface area contributed by atoms with Gasteiger partial charge in [0.1, 0.15) is 11.7 Å². The van der Waals surface area contributed by atoms with Gasteiger partial charge >= 0.3 is 5.51 Å².